The van der Waals surface area contributed by atoms with Gasteiger partial charge in [0.1, 0.15) is 6.61 Å². The largest absolute Gasteiger partial charge is 0.485 e. The maximum absolute atomic E-state index is 11.8. The van der Waals surface area contributed by atoms with E-state index in [0.717, 1.165) is 0 Å². The number of hydrogen-bond acceptors (Lipinski definition) is 5. The molecule has 0 saturated heterocycles. The first-order chi connectivity index (χ1) is 9.68. The van der Waals surface area contributed by atoms with Crippen LogP contribution in [0.2, 0.25) is 0 Å². The van der Waals surface area contributed by atoms with E-state index in [4.69, 9.17) is 10.5 Å². The minimum absolute atomic E-state index is 0.112. The van der Waals surface area contributed by atoms with Gasteiger partial charge in [-0.25, -0.2) is 0 Å². The van der Waals surface area contributed by atoms with Crippen molar-refractivity contribution in [3.63, 3.8) is 0 Å². The van der Waals surface area contributed by atoms with Gasteiger partial charge in [-0.05, 0) is 25.5 Å². The summed E-state index contributed by atoms with van der Waals surface area (Å²) in [6.07, 6.45) is 0.679. The van der Waals surface area contributed by atoms with E-state index in [0.29, 0.717) is 6.42 Å². The average Bonchev–Trinajstić information content (AvgIpc) is 2.44. The van der Waals surface area contributed by atoms with Gasteiger partial charge < -0.3 is 15.4 Å². The third-order valence-electron chi connectivity index (χ3n) is 3.17. The third-order valence-corrected chi connectivity index (χ3v) is 3.17. The molecule has 0 radical (unpaired) electrons. The Morgan fingerprint density at radius 2 is 2.10 bits per heavy atom. The second kappa shape index (κ2) is 6.53. The van der Waals surface area contributed by atoms with Crippen LogP contribution >= 0.6 is 0 Å². The summed E-state index contributed by atoms with van der Waals surface area (Å²) in [7, 11) is 3.17. The molecule has 0 aliphatic rings. The van der Waals surface area contributed by atoms with Crippen molar-refractivity contribution in [3.8, 4) is 5.75 Å². The van der Waals surface area contributed by atoms with Gasteiger partial charge in [0.05, 0.1) is 4.92 Å². The summed E-state index contributed by atoms with van der Waals surface area (Å²) in [4.78, 5) is 23.8. The number of nitro groups is 1. The summed E-state index contributed by atoms with van der Waals surface area (Å²) in [5.74, 6) is -0.192. The topological polar surface area (TPSA) is 98.7 Å². The molecule has 7 heteroatoms. The van der Waals surface area contributed by atoms with E-state index in [2.05, 4.69) is 0 Å². The molecule has 0 fully saturated rings. The molecular formula is C14H21N3O4. The SMILES string of the molecule is CCC(C)(N)COc1ccc(C(=O)N(C)C)cc1[N+](=O)[O-]. The predicted molar refractivity (Wildman–Crippen MR) is 79.5 cm³/mol. The molecule has 2 N–H and O–H groups in total. The van der Waals surface area contributed by atoms with E-state index >= 15 is 0 Å². The lowest BCUT2D eigenvalue weighted by molar-refractivity contribution is -0.385. The van der Waals surface area contributed by atoms with Crippen LogP contribution in [0.1, 0.15) is 30.6 Å². The quantitative estimate of drug-likeness (QED) is 0.637. The van der Waals surface area contributed by atoms with E-state index in [-0.39, 0.29) is 29.5 Å². The first kappa shape index (κ1) is 16.9. The lowest BCUT2D eigenvalue weighted by Crippen LogP contribution is -2.41. The van der Waals surface area contributed by atoms with Gasteiger partial charge in [0.15, 0.2) is 5.75 Å². The minimum Gasteiger partial charge on any atom is -0.485 e. The number of carbonyl (C=O) groups excluding carboxylic acids is 1. The number of nitrogens with two attached hydrogens (primary N) is 1. The Morgan fingerprint density at radius 3 is 2.57 bits per heavy atom. The van der Waals surface area contributed by atoms with Crippen LogP contribution < -0.4 is 10.5 Å². The normalized spacial score (nSPS) is 13.4. The molecule has 0 aliphatic heterocycles. The molecule has 7 nitrogen and oxygen atoms in total. The van der Waals surface area contributed by atoms with Crippen LogP contribution in [-0.4, -0.2) is 42.0 Å². The summed E-state index contributed by atoms with van der Waals surface area (Å²) in [6, 6.07) is 4.16. The van der Waals surface area contributed by atoms with Crippen LogP contribution in [0.5, 0.6) is 5.75 Å². The standard InChI is InChI=1S/C14H21N3O4/c1-5-14(2,15)9-21-12-7-6-10(13(18)16(3)4)8-11(12)17(19)20/h6-8H,5,9,15H2,1-4H3. The van der Waals surface area contributed by atoms with Crippen molar-refractivity contribution in [2.45, 2.75) is 25.8 Å². The van der Waals surface area contributed by atoms with E-state index in [1.54, 1.807) is 14.1 Å². The minimum atomic E-state index is -0.568. The van der Waals surface area contributed by atoms with E-state index in [9.17, 15) is 14.9 Å². The number of hydrogen-bond donors (Lipinski definition) is 1. The Morgan fingerprint density at radius 1 is 1.48 bits per heavy atom. The van der Waals surface area contributed by atoms with Crippen LogP contribution in [0.4, 0.5) is 5.69 Å². The number of amides is 1. The summed E-state index contributed by atoms with van der Waals surface area (Å²) in [5.41, 5.74) is 5.39. The molecule has 0 aromatic heterocycles. The van der Waals surface area contributed by atoms with Crippen molar-refractivity contribution < 1.29 is 14.5 Å². The predicted octanol–water partition coefficient (Wildman–Crippen LogP) is 1.80. The second-order valence-corrected chi connectivity index (χ2v) is 5.44. The van der Waals surface area contributed by atoms with Crippen molar-refractivity contribution in [3.05, 3.63) is 33.9 Å². The lowest BCUT2D eigenvalue weighted by atomic mass is 10.0. The van der Waals surface area contributed by atoms with Crippen LogP contribution in [0.25, 0.3) is 0 Å². The summed E-state index contributed by atoms with van der Waals surface area (Å²) >= 11 is 0. The molecule has 21 heavy (non-hydrogen) atoms. The molecule has 1 atom stereocenters. The molecule has 0 bridgehead atoms. The van der Waals surface area contributed by atoms with Gasteiger partial charge in [-0.1, -0.05) is 6.92 Å². The summed E-state index contributed by atoms with van der Waals surface area (Å²) in [6.45, 7) is 3.88. The Bertz CT molecular complexity index is 541. The number of benzene rings is 1. The van der Waals surface area contributed by atoms with Gasteiger partial charge >= 0.3 is 5.69 Å². The molecule has 1 aromatic rings. The fourth-order valence-corrected chi connectivity index (χ4v) is 1.52. The van der Waals surface area contributed by atoms with Gasteiger partial charge in [0.25, 0.3) is 5.91 Å². The molecule has 1 aromatic carbocycles. The van der Waals surface area contributed by atoms with Gasteiger partial charge in [0, 0.05) is 31.3 Å². The van der Waals surface area contributed by atoms with Crippen LogP contribution in [0.15, 0.2) is 18.2 Å². The zero-order valence-electron chi connectivity index (χ0n) is 12.8. The van der Waals surface area contributed by atoms with Crippen LogP contribution in [-0.2, 0) is 0 Å². The number of rotatable bonds is 6. The highest BCUT2D eigenvalue weighted by Crippen LogP contribution is 2.29. The first-order valence-corrected chi connectivity index (χ1v) is 6.59. The van der Waals surface area contributed by atoms with E-state index < -0.39 is 10.5 Å². The zero-order valence-corrected chi connectivity index (χ0v) is 12.8. The van der Waals surface area contributed by atoms with Crippen LogP contribution in [0.3, 0.4) is 0 Å². The highest BCUT2D eigenvalue weighted by atomic mass is 16.6. The van der Waals surface area contributed by atoms with Gasteiger partial charge in [0.2, 0.25) is 0 Å². The van der Waals surface area contributed by atoms with Crippen molar-refractivity contribution in [2.24, 2.45) is 5.73 Å². The third kappa shape index (κ3) is 4.42. The molecule has 1 amide bonds. The Kier molecular flexibility index (Phi) is 5.26. The molecule has 0 saturated carbocycles. The van der Waals surface area contributed by atoms with Gasteiger partial charge in [-0.2, -0.15) is 0 Å². The van der Waals surface area contributed by atoms with Crippen molar-refractivity contribution >= 4 is 11.6 Å². The Balaban J connectivity index is 3.06. The second-order valence-electron chi connectivity index (χ2n) is 5.44. The number of nitro benzene ring substituents is 1. The fraction of sp³-hybridized carbons (Fsp3) is 0.500. The monoisotopic (exact) mass is 295 g/mol. The maximum atomic E-state index is 11.8. The summed E-state index contributed by atoms with van der Waals surface area (Å²) in [5, 5.41) is 11.1. The molecule has 0 heterocycles. The van der Waals surface area contributed by atoms with Crippen molar-refractivity contribution in [1.82, 2.24) is 4.90 Å². The average molecular weight is 295 g/mol. The lowest BCUT2D eigenvalue weighted by Gasteiger charge is -2.22. The Labute approximate surface area is 123 Å². The molecular weight excluding hydrogens is 274 g/mol. The highest BCUT2D eigenvalue weighted by Gasteiger charge is 2.22. The van der Waals surface area contributed by atoms with Gasteiger partial charge in [-0.15, -0.1) is 0 Å². The highest BCUT2D eigenvalue weighted by molar-refractivity contribution is 5.94. The zero-order chi connectivity index (χ0) is 16.2. The van der Waals surface area contributed by atoms with E-state index in [1.165, 1.54) is 23.1 Å². The van der Waals surface area contributed by atoms with Gasteiger partial charge in [-0.3, -0.25) is 14.9 Å². The smallest absolute Gasteiger partial charge is 0.311 e. The molecule has 1 rings (SSSR count). The molecule has 0 spiro atoms. The summed E-state index contributed by atoms with van der Waals surface area (Å²) < 4.78 is 5.46. The fourth-order valence-electron chi connectivity index (χ4n) is 1.52. The van der Waals surface area contributed by atoms with Crippen LogP contribution in [0, 0.1) is 10.1 Å². The van der Waals surface area contributed by atoms with E-state index in [1.807, 2.05) is 13.8 Å². The van der Waals surface area contributed by atoms with Crippen molar-refractivity contribution in [2.75, 3.05) is 20.7 Å². The Hall–Kier alpha value is -2.15. The number of carbonyl (C=O) groups is 1. The maximum Gasteiger partial charge on any atom is 0.311 e. The molecule has 0 aliphatic carbocycles. The molecule has 1 unspecified atom stereocenters. The van der Waals surface area contributed by atoms with Crippen molar-refractivity contribution in [1.29, 1.82) is 0 Å². The first-order valence-electron chi connectivity index (χ1n) is 6.59. The number of ether oxygens (including phenoxy) is 1. The number of nitrogens with zero attached hydrogens (tertiary/aromatic N) is 2. The molecule has 116 valence electrons.